The van der Waals surface area contributed by atoms with Crippen LogP contribution in [0.3, 0.4) is 0 Å². The summed E-state index contributed by atoms with van der Waals surface area (Å²) in [7, 11) is 1.61. The van der Waals surface area contributed by atoms with E-state index in [-0.39, 0.29) is 13.2 Å². The highest BCUT2D eigenvalue weighted by atomic mass is 16.6. The Morgan fingerprint density at radius 3 is 2.31 bits per heavy atom. The van der Waals surface area contributed by atoms with Crippen molar-refractivity contribution in [1.82, 2.24) is 10.2 Å². The molecule has 1 aromatic rings. The van der Waals surface area contributed by atoms with Crippen LogP contribution in [0.5, 0.6) is 5.75 Å². The monoisotopic (exact) mass is 366 g/mol. The van der Waals surface area contributed by atoms with Gasteiger partial charge in [0.1, 0.15) is 17.4 Å². The molecule has 2 N–H and O–H groups in total. The van der Waals surface area contributed by atoms with Gasteiger partial charge in [-0.3, -0.25) is 0 Å². The molecule has 0 aliphatic carbocycles. The number of rotatable bonds is 8. The number of esters is 1. The van der Waals surface area contributed by atoms with Crippen LogP contribution >= 0.6 is 0 Å². The maximum Gasteiger partial charge on any atom is 0.328 e. The molecule has 0 aromatic heterocycles. The molecular weight excluding hydrogens is 336 g/mol. The van der Waals surface area contributed by atoms with Gasteiger partial charge in [-0.2, -0.15) is 0 Å². The van der Waals surface area contributed by atoms with E-state index in [1.54, 1.807) is 34.8 Å². The van der Waals surface area contributed by atoms with Crippen molar-refractivity contribution in [1.29, 1.82) is 0 Å². The first kappa shape index (κ1) is 21.8. The first-order valence-electron chi connectivity index (χ1n) is 8.68. The minimum absolute atomic E-state index is 0.156. The van der Waals surface area contributed by atoms with Gasteiger partial charge >= 0.3 is 12.0 Å². The molecule has 1 aromatic carbocycles. The summed E-state index contributed by atoms with van der Waals surface area (Å²) in [5.74, 6) is 0.273. The number of aliphatic hydroxyl groups excluding tert-OH is 1. The van der Waals surface area contributed by atoms with Crippen molar-refractivity contribution in [3.8, 4) is 5.75 Å². The minimum Gasteiger partial charge on any atom is -0.497 e. The van der Waals surface area contributed by atoms with Gasteiger partial charge in [0.15, 0.2) is 0 Å². The number of hydrogen-bond acceptors (Lipinski definition) is 5. The number of aliphatic hydroxyl groups is 1. The molecule has 26 heavy (non-hydrogen) atoms. The van der Waals surface area contributed by atoms with Crippen molar-refractivity contribution in [2.24, 2.45) is 0 Å². The van der Waals surface area contributed by atoms with Crippen LogP contribution in [-0.2, 0) is 16.0 Å². The summed E-state index contributed by atoms with van der Waals surface area (Å²) in [4.78, 5) is 25.9. The molecule has 0 unspecified atom stereocenters. The predicted molar refractivity (Wildman–Crippen MR) is 99.2 cm³/mol. The van der Waals surface area contributed by atoms with Gasteiger partial charge in [0.2, 0.25) is 0 Å². The number of nitrogens with one attached hydrogen (secondary N) is 1. The maximum absolute atomic E-state index is 12.4. The van der Waals surface area contributed by atoms with Gasteiger partial charge in [-0.15, -0.1) is 0 Å². The quantitative estimate of drug-likeness (QED) is 0.687. The molecule has 0 bridgehead atoms. The molecule has 0 saturated carbocycles. The van der Waals surface area contributed by atoms with Crippen molar-refractivity contribution in [3.05, 3.63) is 29.8 Å². The van der Waals surface area contributed by atoms with Crippen molar-refractivity contribution >= 4 is 12.0 Å². The van der Waals surface area contributed by atoms with E-state index < -0.39 is 23.6 Å². The third-order valence-corrected chi connectivity index (χ3v) is 3.59. The highest BCUT2D eigenvalue weighted by molar-refractivity contribution is 5.83. The smallest absolute Gasteiger partial charge is 0.328 e. The number of amides is 2. The number of urea groups is 1. The van der Waals surface area contributed by atoms with Crippen molar-refractivity contribution < 1.29 is 24.2 Å². The van der Waals surface area contributed by atoms with E-state index in [9.17, 15) is 14.7 Å². The number of benzene rings is 1. The van der Waals surface area contributed by atoms with Crippen LogP contribution in [0.4, 0.5) is 4.79 Å². The van der Waals surface area contributed by atoms with Crippen LogP contribution in [0, 0.1) is 0 Å². The van der Waals surface area contributed by atoms with Crippen molar-refractivity contribution in [3.63, 3.8) is 0 Å². The predicted octanol–water partition coefficient (Wildman–Crippen LogP) is 1.97. The number of hydrogen-bond donors (Lipinski definition) is 2. The molecule has 1 atom stereocenters. The number of methoxy groups -OCH3 is 1. The molecule has 2 amide bonds. The summed E-state index contributed by atoms with van der Waals surface area (Å²) in [5, 5.41) is 11.8. The van der Waals surface area contributed by atoms with Crippen LogP contribution < -0.4 is 10.1 Å². The van der Waals surface area contributed by atoms with E-state index >= 15 is 0 Å². The number of nitrogens with zero attached hydrogens (tertiary/aromatic N) is 1. The van der Waals surface area contributed by atoms with Gasteiger partial charge in [0.05, 0.1) is 13.7 Å². The van der Waals surface area contributed by atoms with Gasteiger partial charge in [-0.25, -0.2) is 9.59 Å². The second kappa shape index (κ2) is 10.0. The Kier molecular flexibility index (Phi) is 8.38. The number of carbonyl (C=O) groups is 2. The molecule has 0 fully saturated rings. The number of carbonyl (C=O) groups excluding carboxylic acids is 2. The van der Waals surface area contributed by atoms with Gasteiger partial charge in [0.25, 0.3) is 0 Å². The second-order valence-corrected chi connectivity index (χ2v) is 7.01. The fourth-order valence-electron chi connectivity index (χ4n) is 2.22. The zero-order chi connectivity index (χ0) is 19.7. The zero-order valence-electron chi connectivity index (χ0n) is 16.2. The summed E-state index contributed by atoms with van der Waals surface area (Å²) in [6.45, 7) is 7.33. The highest BCUT2D eigenvalue weighted by Gasteiger charge is 2.24. The molecule has 0 aliphatic heterocycles. The lowest BCUT2D eigenvalue weighted by Crippen LogP contribution is -2.49. The van der Waals surface area contributed by atoms with Gasteiger partial charge in [-0.1, -0.05) is 12.1 Å². The molecule has 146 valence electrons. The second-order valence-electron chi connectivity index (χ2n) is 7.01. The molecule has 0 aliphatic rings. The first-order valence-corrected chi connectivity index (χ1v) is 8.68. The third kappa shape index (κ3) is 7.74. The lowest BCUT2D eigenvalue weighted by molar-refractivity contribution is -0.156. The zero-order valence-corrected chi connectivity index (χ0v) is 16.2. The Balaban J connectivity index is 2.60. The summed E-state index contributed by atoms with van der Waals surface area (Å²) in [5.41, 5.74) is 0.427. The Bertz CT molecular complexity index is 581. The molecule has 7 heteroatoms. The molecule has 0 spiro atoms. The fourth-order valence-corrected chi connectivity index (χ4v) is 2.22. The van der Waals surface area contributed by atoms with E-state index in [4.69, 9.17) is 9.47 Å². The third-order valence-electron chi connectivity index (χ3n) is 3.59. The van der Waals surface area contributed by atoms with E-state index in [2.05, 4.69) is 5.32 Å². The van der Waals surface area contributed by atoms with Crippen molar-refractivity contribution in [2.45, 2.75) is 45.8 Å². The highest BCUT2D eigenvalue weighted by Crippen LogP contribution is 2.12. The van der Waals surface area contributed by atoms with Crippen LogP contribution in [0.1, 0.15) is 33.3 Å². The summed E-state index contributed by atoms with van der Waals surface area (Å²) in [6, 6.07) is 6.39. The van der Waals surface area contributed by atoms with Crippen LogP contribution in [0.2, 0.25) is 0 Å². The van der Waals surface area contributed by atoms with Crippen molar-refractivity contribution in [2.75, 3.05) is 26.8 Å². The molecule has 1 rings (SSSR count). The normalized spacial score (nSPS) is 12.2. The van der Waals surface area contributed by atoms with Crippen LogP contribution in [-0.4, -0.2) is 60.5 Å². The first-order chi connectivity index (χ1) is 12.2. The van der Waals surface area contributed by atoms with E-state index in [0.29, 0.717) is 13.0 Å². The van der Waals surface area contributed by atoms with E-state index in [1.165, 1.54) is 4.90 Å². The van der Waals surface area contributed by atoms with E-state index in [0.717, 1.165) is 11.3 Å². The standard InChI is InChI=1S/C19H30N2O5/c1-14(17(23)26-19(2,3)4)20-18(24)21(12-13-22)11-10-15-6-8-16(25-5)9-7-15/h6-9,14,22H,10-13H2,1-5H3,(H,20,24)/t14-/m0/s1. The van der Waals surface area contributed by atoms with Crippen LogP contribution in [0.15, 0.2) is 24.3 Å². The van der Waals surface area contributed by atoms with E-state index in [1.807, 2.05) is 24.3 Å². The lowest BCUT2D eigenvalue weighted by Gasteiger charge is -2.26. The molecular formula is C19H30N2O5. The average molecular weight is 366 g/mol. The number of ether oxygens (including phenoxy) is 2. The molecule has 0 heterocycles. The Labute approximate surface area is 155 Å². The Hall–Kier alpha value is -2.28. The summed E-state index contributed by atoms with van der Waals surface area (Å²) in [6.07, 6.45) is 0.623. The molecule has 0 radical (unpaired) electrons. The Morgan fingerprint density at radius 1 is 1.19 bits per heavy atom. The largest absolute Gasteiger partial charge is 0.497 e. The fraction of sp³-hybridized carbons (Fsp3) is 0.579. The average Bonchev–Trinajstić information content (AvgIpc) is 2.57. The summed E-state index contributed by atoms with van der Waals surface area (Å²) < 4.78 is 10.4. The summed E-state index contributed by atoms with van der Waals surface area (Å²) >= 11 is 0. The SMILES string of the molecule is COc1ccc(CCN(CCO)C(=O)N[C@@H](C)C(=O)OC(C)(C)C)cc1. The maximum atomic E-state index is 12.4. The topological polar surface area (TPSA) is 88.1 Å². The minimum atomic E-state index is -0.774. The van der Waals surface area contributed by atoms with Crippen LogP contribution in [0.25, 0.3) is 0 Å². The Morgan fingerprint density at radius 2 is 1.81 bits per heavy atom. The van der Waals surface area contributed by atoms with Gasteiger partial charge in [-0.05, 0) is 51.8 Å². The lowest BCUT2D eigenvalue weighted by atomic mass is 10.1. The van der Waals surface area contributed by atoms with Gasteiger partial charge < -0.3 is 24.8 Å². The molecule has 7 nitrogen and oxygen atoms in total. The van der Waals surface area contributed by atoms with Gasteiger partial charge in [0, 0.05) is 13.1 Å². The molecule has 0 saturated heterocycles.